The third-order valence-corrected chi connectivity index (χ3v) is 3.40. The lowest BCUT2D eigenvalue weighted by Crippen LogP contribution is -2.29. The van der Waals surface area contributed by atoms with Crippen LogP contribution in [0.4, 0.5) is 15.8 Å². The maximum Gasteiger partial charge on any atom is 0.148 e. The molecule has 0 spiro atoms. The fraction of sp³-hybridized carbons (Fsp3) is 0.571. The van der Waals surface area contributed by atoms with E-state index in [4.69, 9.17) is 5.73 Å². The number of hydrogen-bond acceptors (Lipinski definition) is 3. The SMILES string of the molecule is CC(CNc1ccc(N)cc1F)CN1CCCC1. The molecule has 1 aliphatic heterocycles. The molecular formula is C14H22FN3. The highest BCUT2D eigenvalue weighted by Crippen LogP contribution is 2.17. The van der Waals surface area contributed by atoms with Crippen LogP contribution in [0.1, 0.15) is 19.8 Å². The third kappa shape index (κ3) is 3.60. The van der Waals surface area contributed by atoms with Gasteiger partial charge in [-0.1, -0.05) is 6.92 Å². The second-order valence-corrected chi connectivity index (χ2v) is 5.23. The molecule has 3 nitrogen and oxygen atoms in total. The number of hydrogen-bond donors (Lipinski definition) is 2. The Morgan fingerprint density at radius 1 is 1.39 bits per heavy atom. The molecule has 100 valence electrons. The van der Waals surface area contributed by atoms with Crippen molar-refractivity contribution >= 4 is 11.4 Å². The Labute approximate surface area is 108 Å². The van der Waals surface area contributed by atoms with Crippen LogP contribution in [0.3, 0.4) is 0 Å². The van der Waals surface area contributed by atoms with Gasteiger partial charge in [0.2, 0.25) is 0 Å². The van der Waals surface area contributed by atoms with Crippen LogP contribution in [0, 0.1) is 11.7 Å². The maximum atomic E-state index is 13.6. The van der Waals surface area contributed by atoms with Crippen LogP contribution in [0.25, 0.3) is 0 Å². The molecule has 2 rings (SSSR count). The topological polar surface area (TPSA) is 41.3 Å². The van der Waals surface area contributed by atoms with E-state index in [0.717, 1.165) is 13.1 Å². The Hall–Kier alpha value is -1.29. The van der Waals surface area contributed by atoms with Crippen molar-refractivity contribution in [1.82, 2.24) is 4.90 Å². The van der Waals surface area contributed by atoms with Crippen LogP contribution >= 0.6 is 0 Å². The summed E-state index contributed by atoms with van der Waals surface area (Å²) in [5.41, 5.74) is 6.52. The quantitative estimate of drug-likeness (QED) is 0.790. The van der Waals surface area contributed by atoms with Crippen molar-refractivity contribution in [1.29, 1.82) is 0 Å². The molecule has 1 saturated heterocycles. The van der Waals surface area contributed by atoms with Gasteiger partial charge in [0.25, 0.3) is 0 Å². The molecule has 3 N–H and O–H groups in total. The van der Waals surface area contributed by atoms with E-state index < -0.39 is 0 Å². The lowest BCUT2D eigenvalue weighted by Gasteiger charge is -2.21. The molecule has 1 unspecified atom stereocenters. The van der Waals surface area contributed by atoms with E-state index in [-0.39, 0.29) is 5.82 Å². The van der Waals surface area contributed by atoms with Crippen molar-refractivity contribution in [3.8, 4) is 0 Å². The van der Waals surface area contributed by atoms with Gasteiger partial charge in [0.15, 0.2) is 0 Å². The number of nitrogen functional groups attached to an aromatic ring is 1. The zero-order chi connectivity index (χ0) is 13.0. The number of benzene rings is 1. The average Bonchev–Trinajstić information content (AvgIpc) is 2.80. The van der Waals surface area contributed by atoms with E-state index in [1.165, 1.54) is 32.0 Å². The highest BCUT2D eigenvalue weighted by molar-refractivity contribution is 5.52. The summed E-state index contributed by atoms with van der Waals surface area (Å²) >= 11 is 0. The van der Waals surface area contributed by atoms with Gasteiger partial charge in [-0.25, -0.2) is 4.39 Å². The Morgan fingerprint density at radius 3 is 2.78 bits per heavy atom. The summed E-state index contributed by atoms with van der Waals surface area (Å²) in [5, 5.41) is 3.16. The normalized spacial score (nSPS) is 17.9. The summed E-state index contributed by atoms with van der Waals surface area (Å²) < 4.78 is 13.6. The van der Waals surface area contributed by atoms with Crippen molar-refractivity contribution in [2.75, 3.05) is 37.2 Å². The minimum Gasteiger partial charge on any atom is -0.399 e. The zero-order valence-corrected chi connectivity index (χ0v) is 11.0. The first-order valence-corrected chi connectivity index (χ1v) is 6.66. The van der Waals surface area contributed by atoms with Gasteiger partial charge >= 0.3 is 0 Å². The van der Waals surface area contributed by atoms with Crippen LogP contribution in [-0.4, -0.2) is 31.1 Å². The van der Waals surface area contributed by atoms with Gasteiger partial charge in [-0.2, -0.15) is 0 Å². The van der Waals surface area contributed by atoms with Gasteiger partial charge in [-0.3, -0.25) is 0 Å². The molecule has 1 aromatic carbocycles. The molecule has 0 radical (unpaired) electrons. The second-order valence-electron chi connectivity index (χ2n) is 5.23. The molecule has 0 amide bonds. The van der Waals surface area contributed by atoms with Crippen molar-refractivity contribution in [3.05, 3.63) is 24.0 Å². The number of nitrogens with two attached hydrogens (primary N) is 1. The number of halogens is 1. The molecule has 0 aliphatic carbocycles. The van der Waals surface area contributed by atoms with Crippen molar-refractivity contribution in [2.24, 2.45) is 5.92 Å². The third-order valence-electron chi connectivity index (χ3n) is 3.40. The standard InChI is InChI=1S/C14H22FN3/c1-11(10-18-6-2-3-7-18)9-17-14-5-4-12(16)8-13(14)15/h4-5,8,11,17H,2-3,6-7,9-10,16H2,1H3. The number of nitrogens with one attached hydrogen (secondary N) is 1. The summed E-state index contributed by atoms with van der Waals surface area (Å²) in [6.45, 7) is 6.49. The second kappa shape index (κ2) is 6.05. The van der Waals surface area contributed by atoms with Crippen molar-refractivity contribution < 1.29 is 4.39 Å². The summed E-state index contributed by atoms with van der Waals surface area (Å²) in [4.78, 5) is 2.48. The number of likely N-dealkylation sites (tertiary alicyclic amines) is 1. The Kier molecular flexibility index (Phi) is 4.42. The van der Waals surface area contributed by atoms with Crippen LogP contribution in [0.2, 0.25) is 0 Å². The predicted octanol–water partition coefficient (Wildman–Crippen LogP) is 2.55. The largest absolute Gasteiger partial charge is 0.399 e. The first-order chi connectivity index (χ1) is 8.65. The van der Waals surface area contributed by atoms with E-state index >= 15 is 0 Å². The summed E-state index contributed by atoms with van der Waals surface area (Å²) in [7, 11) is 0. The van der Waals surface area contributed by atoms with Crippen LogP contribution in [0.5, 0.6) is 0 Å². The number of rotatable bonds is 5. The number of anilines is 2. The minimum absolute atomic E-state index is 0.275. The predicted molar refractivity (Wildman–Crippen MR) is 74.1 cm³/mol. The molecule has 1 aliphatic rings. The molecule has 1 aromatic rings. The molecular weight excluding hydrogens is 229 g/mol. The zero-order valence-electron chi connectivity index (χ0n) is 11.0. The van der Waals surface area contributed by atoms with Gasteiger partial charge in [0, 0.05) is 18.8 Å². The molecule has 0 bridgehead atoms. The Balaban J connectivity index is 1.79. The van der Waals surface area contributed by atoms with Crippen LogP contribution in [0.15, 0.2) is 18.2 Å². The van der Waals surface area contributed by atoms with Crippen LogP contribution in [-0.2, 0) is 0 Å². The lowest BCUT2D eigenvalue weighted by atomic mass is 10.1. The average molecular weight is 251 g/mol. The number of nitrogens with zero attached hydrogens (tertiary/aromatic N) is 1. The smallest absolute Gasteiger partial charge is 0.148 e. The summed E-state index contributed by atoms with van der Waals surface area (Å²) in [5.74, 6) is 0.239. The van der Waals surface area contributed by atoms with Gasteiger partial charge in [0.1, 0.15) is 5.82 Å². The summed E-state index contributed by atoms with van der Waals surface area (Å²) in [6, 6.07) is 4.78. The van der Waals surface area contributed by atoms with Gasteiger partial charge in [-0.05, 0) is 50.0 Å². The molecule has 1 atom stereocenters. The monoisotopic (exact) mass is 251 g/mol. The van der Waals surface area contributed by atoms with E-state index in [0.29, 0.717) is 17.3 Å². The molecule has 1 heterocycles. The first-order valence-electron chi connectivity index (χ1n) is 6.66. The molecule has 4 heteroatoms. The minimum atomic E-state index is -0.275. The van der Waals surface area contributed by atoms with Crippen molar-refractivity contribution in [2.45, 2.75) is 19.8 Å². The van der Waals surface area contributed by atoms with Gasteiger partial charge in [0.05, 0.1) is 5.69 Å². The molecule has 0 aromatic heterocycles. The molecule has 0 saturated carbocycles. The van der Waals surface area contributed by atoms with E-state index in [2.05, 4.69) is 17.1 Å². The Bertz CT molecular complexity index is 389. The van der Waals surface area contributed by atoms with E-state index in [1.807, 2.05) is 0 Å². The van der Waals surface area contributed by atoms with Gasteiger partial charge in [-0.15, -0.1) is 0 Å². The maximum absolute atomic E-state index is 13.6. The van der Waals surface area contributed by atoms with E-state index in [9.17, 15) is 4.39 Å². The molecule has 18 heavy (non-hydrogen) atoms. The van der Waals surface area contributed by atoms with E-state index in [1.54, 1.807) is 12.1 Å². The highest BCUT2D eigenvalue weighted by Gasteiger charge is 2.14. The first kappa shape index (κ1) is 13.1. The van der Waals surface area contributed by atoms with Crippen LogP contribution < -0.4 is 11.1 Å². The van der Waals surface area contributed by atoms with Gasteiger partial charge < -0.3 is 16.0 Å². The lowest BCUT2D eigenvalue weighted by molar-refractivity contribution is 0.294. The Morgan fingerprint density at radius 2 is 2.11 bits per heavy atom. The fourth-order valence-electron chi connectivity index (χ4n) is 2.43. The highest BCUT2D eigenvalue weighted by atomic mass is 19.1. The fourth-order valence-corrected chi connectivity index (χ4v) is 2.43. The summed E-state index contributed by atoms with van der Waals surface area (Å²) in [6.07, 6.45) is 2.62. The molecule has 1 fully saturated rings. The van der Waals surface area contributed by atoms with Crippen molar-refractivity contribution in [3.63, 3.8) is 0 Å².